The number of amides is 1. The lowest BCUT2D eigenvalue weighted by atomic mass is 10.00. The zero-order chi connectivity index (χ0) is 27.5. The molecule has 3 aliphatic rings. The Morgan fingerprint density at radius 3 is 2.51 bits per heavy atom. The van der Waals surface area contributed by atoms with Gasteiger partial charge in [0.2, 0.25) is 0 Å². The second-order valence-corrected chi connectivity index (χ2v) is 11.3. The number of carbonyl (C=O) groups excluding carboxylic acids is 1. The molecule has 1 amide bonds. The summed E-state index contributed by atoms with van der Waals surface area (Å²) in [7, 11) is 0. The summed E-state index contributed by atoms with van der Waals surface area (Å²) in [6, 6.07) is 13.4. The lowest BCUT2D eigenvalue weighted by Crippen LogP contribution is -2.48. The maximum absolute atomic E-state index is 14.8. The quantitative estimate of drug-likeness (QED) is 0.472. The number of likely N-dealkylation sites (tertiary alicyclic amines) is 1. The van der Waals surface area contributed by atoms with Gasteiger partial charge in [-0.15, -0.1) is 24.8 Å². The third-order valence-corrected chi connectivity index (χ3v) is 7.76. The highest BCUT2D eigenvalue weighted by Gasteiger charge is 2.33. The molecule has 1 saturated heterocycles. The van der Waals surface area contributed by atoms with Gasteiger partial charge >= 0.3 is 0 Å². The SMILES string of the molecule is CC(O)CN1CC[C@@H](Oc2ccc3c(c2)OC(C)CN(C[C@H](O)CN2CCc4ccccc4C2)C3=O)[C@H](F)C1.Cl.Cl. The number of carbonyl (C=O) groups is 1. The minimum atomic E-state index is -1.18. The van der Waals surface area contributed by atoms with Gasteiger partial charge in [-0.05, 0) is 49.9 Å². The number of benzene rings is 2. The molecule has 3 heterocycles. The van der Waals surface area contributed by atoms with Crippen molar-refractivity contribution in [2.75, 3.05) is 45.8 Å². The minimum absolute atomic E-state index is 0. The van der Waals surface area contributed by atoms with Gasteiger partial charge in [0.05, 0.1) is 24.3 Å². The topological polar surface area (TPSA) is 85.7 Å². The normalized spacial score (nSPS) is 24.5. The Balaban J connectivity index is 0.00000231. The number of nitrogens with zero attached hydrogens (tertiary/aromatic N) is 3. The number of ether oxygens (including phenoxy) is 2. The maximum Gasteiger partial charge on any atom is 0.257 e. The van der Waals surface area contributed by atoms with E-state index in [1.807, 2.05) is 17.9 Å². The summed E-state index contributed by atoms with van der Waals surface area (Å²) < 4.78 is 26.9. The number of fused-ring (bicyclic) bond motifs is 2. The zero-order valence-electron chi connectivity index (χ0n) is 23.7. The van der Waals surface area contributed by atoms with Crippen LogP contribution in [0.4, 0.5) is 4.39 Å². The van der Waals surface area contributed by atoms with E-state index in [0.29, 0.717) is 49.7 Å². The Morgan fingerprint density at radius 1 is 1.02 bits per heavy atom. The fraction of sp³-hybridized carbons (Fsp3) is 0.567. The summed E-state index contributed by atoms with van der Waals surface area (Å²) in [6.07, 6.45) is -1.77. The molecular weight excluding hydrogens is 572 g/mol. The van der Waals surface area contributed by atoms with Gasteiger partial charge in [-0.3, -0.25) is 14.6 Å². The van der Waals surface area contributed by atoms with Crippen LogP contribution in [-0.4, -0.2) is 107 Å². The Labute approximate surface area is 254 Å². The Hall–Kier alpha value is -2.14. The Morgan fingerprint density at radius 2 is 1.78 bits per heavy atom. The summed E-state index contributed by atoms with van der Waals surface area (Å²) >= 11 is 0. The predicted octanol–water partition coefficient (Wildman–Crippen LogP) is 3.34. The van der Waals surface area contributed by atoms with Crippen LogP contribution in [0.5, 0.6) is 11.5 Å². The van der Waals surface area contributed by atoms with Crippen molar-refractivity contribution in [3.8, 4) is 11.5 Å². The van der Waals surface area contributed by atoms with Gasteiger partial charge in [0.25, 0.3) is 5.91 Å². The van der Waals surface area contributed by atoms with E-state index in [4.69, 9.17) is 9.47 Å². The maximum atomic E-state index is 14.8. The van der Waals surface area contributed by atoms with Crippen LogP contribution >= 0.6 is 24.8 Å². The molecule has 3 aliphatic heterocycles. The van der Waals surface area contributed by atoms with Crippen LogP contribution in [0, 0.1) is 0 Å². The van der Waals surface area contributed by atoms with Crippen molar-refractivity contribution < 1.29 is 28.9 Å². The third-order valence-electron chi connectivity index (χ3n) is 7.76. The zero-order valence-corrected chi connectivity index (χ0v) is 25.3. The molecule has 41 heavy (non-hydrogen) atoms. The molecule has 8 nitrogen and oxygen atoms in total. The second-order valence-electron chi connectivity index (χ2n) is 11.3. The van der Waals surface area contributed by atoms with Crippen LogP contribution < -0.4 is 9.47 Å². The van der Waals surface area contributed by atoms with Gasteiger partial charge < -0.3 is 24.6 Å². The van der Waals surface area contributed by atoms with Crippen molar-refractivity contribution in [2.24, 2.45) is 0 Å². The van der Waals surface area contributed by atoms with Gasteiger partial charge in [-0.2, -0.15) is 0 Å². The largest absolute Gasteiger partial charge is 0.488 e. The first-order valence-electron chi connectivity index (χ1n) is 14.0. The molecule has 0 spiro atoms. The minimum Gasteiger partial charge on any atom is -0.488 e. The molecule has 0 saturated carbocycles. The van der Waals surface area contributed by atoms with Gasteiger partial charge in [0, 0.05) is 51.9 Å². The molecule has 5 rings (SSSR count). The number of β-amino-alcohol motifs (C(OH)–C–C–N with tert-alkyl or cyclic N) is 2. The van der Waals surface area contributed by atoms with Gasteiger partial charge in [0.1, 0.15) is 29.9 Å². The number of aliphatic hydroxyl groups excluding tert-OH is 2. The molecule has 2 N–H and O–H groups in total. The number of hydrogen-bond acceptors (Lipinski definition) is 7. The van der Waals surface area contributed by atoms with E-state index >= 15 is 0 Å². The van der Waals surface area contributed by atoms with Crippen molar-refractivity contribution in [2.45, 2.75) is 63.8 Å². The molecule has 0 radical (unpaired) electrons. The molecule has 0 bridgehead atoms. The standard InChI is InChI=1S/C30H40FN3O5.2ClH/c1-20(35)14-32-12-10-28(27(31)19-32)39-25-7-8-26-29(13-25)38-21(2)15-34(30(26)37)18-24(36)17-33-11-9-22-5-3-4-6-23(22)16-33;;/h3-8,13,20-21,24,27-28,35-36H,9-12,14-19H2,1-2H3;2*1H/t20?,21?,24-,27-,28-;;/m1../s1. The fourth-order valence-corrected chi connectivity index (χ4v) is 5.94. The van der Waals surface area contributed by atoms with Gasteiger partial charge in [-0.25, -0.2) is 4.39 Å². The number of piperidine rings is 1. The monoisotopic (exact) mass is 613 g/mol. The van der Waals surface area contributed by atoms with Gasteiger partial charge in [-0.1, -0.05) is 24.3 Å². The van der Waals surface area contributed by atoms with E-state index in [2.05, 4.69) is 23.1 Å². The van der Waals surface area contributed by atoms with Crippen LogP contribution in [0.2, 0.25) is 0 Å². The number of hydrogen-bond donors (Lipinski definition) is 2. The number of rotatable bonds is 8. The molecule has 2 unspecified atom stereocenters. The molecule has 11 heteroatoms. The first kappa shape index (κ1) is 33.4. The highest BCUT2D eigenvalue weighted by molar-refractivity contribution is 5.97. The van der Waals surface area contributed by atoms with Crippen molar-refractivity contribution in [1.82, 2.24) is 14.7 Å². The van der Waals surface area contributed by atoms with Crippen LogP contribution in [0.25, 0.3) is 0 Å². The lowest BCUT2D eigenvalue weighted by Gasteiger charge is -2.35. The van der Waals surface area contributed by atoms with E-state index in [1.165, 1.54) is 11.1 Å². The van der Waals surface area contributed by atoms with E-state index in [1.54, 1.807) is 30.0 Å². The first-order valence-corrected chi connectivity index (χ1v) is 14.0. The summed E-state index contributed by atoms with van der Waals surface area (Å²) in [5, 5.41) is 20.5. The first-order chi connectivity index (χ1) is 18.7. The van der Waals surface area contributed by atoms with Crippen molar-refractivity contribution in [1.29, 1.82) is 0 Å². The lowest BCUT2D eigenvalue weighted by molar-refractivity contribution is 0.00720. The Bertz CT molecular complexity index is 1160. The van der Waals surface area contributed by atoms with Gasteiger partial charge in [0.15, 0.2) is 0 Å². The molecule has 0 aliphatic carbocycles. The molecule has 5 atom stereocenters. The summed E-state index contributed by atoms with van der Waals surface area (Å²) in [4.78, 5) is 19.2. The third kappa shape index (κ3) is 8.46. The van der Waals surface area contributed by atoms with Crippen LogP contribution in [-0.2, 0) is 13.0 Å². The van der Waals surface area contributed by atoms with Crippen molar-refractivity contribution in [3.63, 3.8) is 0 Å². The smallest absolute Gasteiger partial charge is 0.257 e. The average molecular weight is 615 g/mol. The van der Waals surface area contributed by atoms with Crippen molar-refractivity contribution in [3.05, 3.63) is 59.2 Å². The molecular formula is C30H42Cl2FN3O5. The molecule has 228 valence electrons. The van der Waals surface area contributed by atoms with Crippen molar-refractivity contribution >= 4 is 30.7 Å². The van der Waals surface area contributed by atoms with E-state index in [0.717, 1.165) is 19.5 Å². The van der Waals surface area contributed by atoms with Crippen LogP contribution in [0.3, 0.4) is 0 Å². The molecule has 0 aromatic heterocycles. The average Bonchev–Trinajstić information content (AvgIpc) is 3.00. The predicted molar refractivity (Wildman–Crippen MR) is 160 cm³/mol. The highest BCUT2D eigenvalue weighted by atomic mass is 35.5. The molecule has 2 aromatic carbocycles. The van der Waals surface area contributed by atoms with Crippen LogP contribution in [0.15, 0.2) is 42.5 Å². The highest BCUT2D eigenvalue weighted by Crippen LogP contribution is 2.31. The number of aliphatic hydroxyl groups is 2. The van der Waals surface area contributed by atoms with Crippen LogP contribution in [0.1, 0.15) is 41.8 Å². The second kappa shape index (κ2) is 14.8. The van der Waals surface area contributed by atoms with E-state index in [9.17, 15) is 19.4 Å². The Kier molecular flexibility index (Phi) is 12.1. The fourth-order valence-electron chi connectivity index (χ4n) is 5.94. The number of alkyl halides is 1. The van der Waals surface area contributed by atoms with E-state index < -0.39 is 24.5 Å². The molecule has 2 aromatic rings. The summed E-state index contributed by atoms with van der Waals surface area (Å²) in [5.74, 6) is 0.680. The number of halogens is 3. The molecule has 1 fully saturated rings. The van der Waals surface area contributed by atoms with E-state index in [-0.39, 0.29) is 49.9 Å². The summed E-state index contributed by atoms with van der Waals surface area (Å²) in [6.45, 7) is 7.65. The summed E-state index contributed by atoms with van der Waals surface area (Å²) in [5.41, 5.74) is 3.07.